The normalized spacial score (nSPS) is 21.6. The zero-order valence-corrected chi connectivity index (χ0v) is 17.8. The molecular formula is C23H24Cl2N2O2. The van der Waals surface area contributed by atoms with Crippen LogP contribution in [0, 0.1) is 0 Å². The molecule has 3 fully saturated rings. The van der Waals surface area contributed by atoms with Crippen LogP contribution in [0.5, 0.6) is 0 Å². The lowest BCUT2D eigenvalue weighted by atomic mass is 9.91. The van der Waals surface area contributed by atoms with Crippen LogP contribution in [0.4, 0.5) is 10.5 Å². The Morgan fingerprint density at radius 2 is 1.76 bits per heavy atom. The number of anilines is 1. The van der Waals surface area contributed by atoms with Crippen LogP contribution in [0.2, 0.25) is 10.0 Å². The van der Waals surface area contributed by atoms with Gasteiger partial charge in [0.1, 0.15) is 5.60 Å². The number of likely N-dealkylation sites (tertiary alicyclic amines) is 1. The molecule has 2 aromatic carbocycles. The molecule has 152 valence electrons. The summed E-state index contributed by atoms with van der Waals surface area (Å²) in [5, 5.41) is 1.53. The van der Waals surface area contributed by atoms with Gasteiger partial charge in [-0.2, -0.15) is 0 Å². The largest absolute Gasteiger partial charge is 0.441 e. The van der Waals surface area contributed by atoms with E-state index in [0.29, 0.717) is 12.5 Å². The maximum Gasteiger partial charge on any atom is 0.415 e. The number of rotatable bonds is 4. The molecule has 2 aromatic rings. The van der Waals surface area contributed by atoms with Gasteiger partial charge in [0.25, 0.3) is 0 Å². The molecule has 0 N–H and O–H groups in total. The Morgan fingerprint density at radius 3 is 2.45 bits per heavy atom. The standard InChI is InChI=1S/C23H24Cl2N2O2/c24-20-13-21(25)19(16-6-7-16)12-17(20)14-26-10-8-23(9-11-26)15-27(22(28)29-23)18-4-2-1-3-5-18/h1-5,12-13,16H,6-11,14-15H2. The summed E-state index contributed by atoms with van der Waals surface area (Å²) in [7, 11) is 0. The van der Waals surface area contributed by atoms with Crippen molar-refractivity contribution < 1.29 is 9.53 Å². The van der Waals surface area contributed by atoms with Crippen LogP contribution >= 0.6 is 23.2 Å². The highest BCUT2D eigenvalue weighted by molar-refractivity contribution is 6.35. The molecule has 0 aromatic heterocycles. The van der Waals surface area contributed by atoms with Crippen molar-refractivity contribution in [1.29, 1.82) is 0 Å². The fourth-order valence-corrected chi connectivity index (χ4v) is 5.09. The second kappa shape index (κ2) is 7.50. The van der Waals surface area contributed by atoms with Gasteiger partial charge in [0.2, 0.25) is 0 Å². The number of carbonyl (C=O) groups is 1. The number of ether oxygens (including phenoxy) is 1. The van der Waals surface area contributed by atoms with Gasteiger partial charge in [0, 0.05) is 48.2 Å². The Kier molecular flexibility index (Phi) is 4.97. The summed E-state index contributed by atoms with van der Waals surface area (Å²) in [6, 6.07) is 13.8. The lowest BCUT2D eigenvalue weighted by Crippen LogP contribution is -2.46. The first-order chi connectivity index (χ1) is 14.0. The molecule has 2 heterocycles. The van der Waals surface area contributed by atoms with E-state index in [1.54, 1.807) is 4.90 Å². The SMILES string of the molecule is O=C1OC2(CCN(Cc3cc(C4CC4)c(Cl)cc3Cl)CC2)CN1c1ccccc1. The molecule has 0 bridgehead atoms. The van der Waals surface area contributed by atoms with E-state index in [4.69, 9.17) is 27.9 Å². The topological polar surface area (TPSA) is 32.8 Å². The molecule has 1 spiro atoms. The average molecular weight is 431 g/mol. The van der Waals surface area contributed by atoms with Crippen molar-refractivity contribution in [1.82, 2.24) is 4.90 Å². The molecule has 2 saturated heterocycles. The van der Waals surface area contributed by atoms with Gasteiger partial charge < -0.3 is 4.74 Å². The number of carbonyl (C=O) groups excluding carboxylic acids is 1. The second-order valence-corrected chi connectivity index (χ2v) is 9.30. The predicted octanol–water partition coefficient (Wildman–Crippen LogP) is 5.86. The minimum Gasteiger partial charge on any atom is -0.441 e. The Hall–Kier alpha value is -1.75. The van der Waals surface area contributed by atoms with Crippen molar-refractivity contribution in [3.8, 4) is 0 Å². The first-order valence-electron chi connectivity index (χ1n) is 10.3. The summed E-state index contributed by atoms with van der Waals surface area (Å²) in [5.74, 6) is 0.602. The van der Waals surface area contributed by atoms with Gasteiger partial charge in [-0.05, 0) is 48.1 Å². The van der Waals surface area contributed by atoms with E-state index in [9.17, 15) is 4.79 Å². The van der Waals surface area contributed by atoms with Crippen molar-refractivity contribution >= 4 is 35.0 Å². The number of benzene rings is 2. The molecular weight excluding hydrogens is 407 g/mol. The van der Waals surface area contributed by atoms with E-state index in [2.05, 4.69) is 11.0 Å². The third-order valence-electron chi connectivity index (χ3n) is 6.38. The molecule has 3 aliphatic rings. The molecule has 5 rings (SSSR count). The molecule has 0 unspecified atom stereocenters. The summed E-state index contributed by atoms with van der Waals surface area (Å²) >= 11 is 12.9. The molecule has 4 nitrogen and oxygen atoms in total. The third kappa shape index (κ3) is 3.86. The number of hydrogen-bond acceptors (Lipinski definition) is 3. The molecule has 1 amide bonds. The maximum absolute atomic E-state index is 12.5. The second-order valence-electron chi connectivity index (χ2n) is 8.49. The average Bonchev–Trinajstić information content (AvgIpc) is 3.51. The summed E-state index contributed by atoms with van der Waals surface area (Å²) in [5.41, 5.74) is 2.90. The van der Waals surface area contributed by atoms with E-state index in [1.807, 2.05) is 36.4 Å². The number of piperidine rings is 1. The minimum absolute atomic E-state index is 0.237. The van der Waals surface area contributed by atoms with Crippen LogP contribution < -0.4 is 4.90 Å². The van der Waals surface area contributed by atoms with Gasteiger partial charge in [-0.15, -0.1) is 0 Å². The molecule has 0 atom stereocenters. The zero-order valence-electron chi connectivity index (χ0n) is 16.2. The molecule has 1 aliphatic carbocycles. The highest BCUT2D eigenvalue weighted by atomic mass is 35.5. The number of hydrogen-bond donors (Lipinski definition) is 0. The zero-order chi connectivity index (χ0) is 20.0. The molecule has 1 saturated carbocycles. The summed E-state index contributed by atoms with van der Waals surface area (Å²) in [6.45, 7) is 3.20. The number of halogens is 2. The Bertz CT molecular complexity index is 922. The number of amides is 1. The van der Waals surface area contributed by atoms with Crippen molar-refractivity contribution in [3.05, 3.63) is 63.6 Å². The van der Waals surface area contributed by atoms with Crippen LogP contribution in [-0.2, 0) is 11.3 Å². The van der Waals surface area contributed by atoms with Crippen molar-refractivity contribution in [2.45, 2.75) is 43.7 Å². The van der Waals surface area contributed by atoms with E-state index < -0.39 is 0 Å². The lowest BCUT2D eigenvalue weighted by Gasteiger charge is -2.37. The van der Waals surface area contributed by atoms with E-state index in [0.717, 1.165) is 53.8 Å². The first-order valence-corrected chi connectivity index (χ1v) is 11.0. The first kappa shape index (κ1) is 19.2. The highest BCUT2D eigenvalue weighted by Gasteiger charge is 2.47. The van der Waals surface area contributed by atoms with Gasteiger partial charge in [-0.25, -0.2) is 4.79 Å². The Labute approximate surface area is 181 Å². The smallest absolute Gasteiger partial charge is 0.415 e. The quantitative estimate of drug-likeness (QED) is 0.608. The fraction of sp³-hybridized carbons (Fsp3) is 0.435. The van der Waals surface area contributed by atoms with Gasteiger partial charge in [-0.3, -0.25) is 9.80 Å². The fourth-order valence-electron chi connectivity index (χ4n) is 4.49. The van der Waals surface area contributed by atoms with Crippen LogP contribution in [0.15, 0.2) is 42.5 Å². The van der Waals surface area contributed by atoms with E-state index in [-0.39, 0.29) is 11.7 Å². The van der Waals surface area contributed by atoms with Gasteiger partial charge in [-0.1, -0.05) is 47.5 Å². The van der Waals surface area contributed by atoms with Crippen molar-refractivity contribution in [2.24, 2.45) is 0 Å². The van der Waals surface area contributed by atoms with Crippen molar-refractivity contribution in [2.75, 3.05) is 24.5 Å². The van der Waals surface area contributed by atoms with Gasteiger partial charge in [0.05, 0.1) is 6.54 Å². The van der Waals surface area contributed by atoms with E-state index in [1.165, 1.54) is 18.4 Å². The molecule has 6 heteroatoms. The van der Waals surface area contributed by atoms with Crippen LogP contribution in [0.1, 0.15) is 42.7 Å². The molecule has 0 radical (unpaired) electrons. The third-order valence-corrected chi connectivity index (χ3v) is 7.06. The van der Waals surface area contributed by atoms with Crippen LogP contribution in [-0.4, -0.2) is 36.2 Å². The monoisotopic (exact) mass is 430 g/mol. The summed E-state index contributed by atoms with van der Waals surface area (Å²) < 4.78 is 5.87. The van der Waals surface area contributed by atoms with Gasteiger partial charge in [0.15, 0.2) is 0 Å². The van der Waals surface area contributed by atoms with E-state index >= 15 is 0 Å². The van der Waals surface area contributed by atoms with Crippen molar-refractivity contribution in [3.63, 3.8) is 0 Å². The molecule has 29 heavy (non-hydrogen) atoms. The Balaban J connectivity index is 1.24. The van der Waals surface area contributed by atoms with Crippen LogP contribution in [0.3, 0.4) is 0 Å². The van der Waals surface area contributed by atoms with Gasteiger partial charge >= 0.3 is 6.09 Å². The Morgan fingerprint density at radius 1 is 1.03 bits per heavy atom. The maximum atomic E-state index is 12.5. The van der Waals surface area contributed by atoms with Crippen LogP contribution in [0.25, 0.3) is 0 Å². The molecule has 2 aliphatic heterocycles. The number of para-hydroxylation sites is 1. The summed E-state index contributed by atoms with van der Waals surface area (Å²) in [4.78, 5) is 16.6. The number of nitrogens with zero attached hydrogens (tertiary/aromatic N) is 2. The predicted molar refractivity (Wildman–Crippen MR) is 116 cm³/mol. The summed E-state index contributed by atoms with van der Waals surface area (Å²) in [6.07, 6.45) is 3.87. The highest BCUT2D eigenvalue weighted by Crippen LogP contribution is 2.45. The minimum atomic E-state index is -0.383. The lowest BCUT2D eigenvalue weighted by molar-refractivity contribution is -0.000965.